The van der Waals surface area contributed by atoms with E-state index in [1.165, 1.54) is 0 Å². The van der Waals surface area contributed by atoms with E-state index in [2.05, 4.69) is 17.1 Å². The first-order valence-electron chi connectivity index (χ1n) is 5.76. The van der Waals surface area contributed by atoms with Gasteiger partial charge in [-0.05, 0) is 18.6 Å². The summed E-state index contributed by atoms with van der Waals surface area (Å²) in [5.41, 5.74) is 8.63. The number of aromatic nitrogens is 2. The number of nitrogens with one attached hydrogen (secondary N) is 1. The highest BCUT2D eigenvalue weighted by Gasteiger charge is 2.17. The Bertz CT molecular complexity index is 549. The summed E-state index contributed by atoms with van der Waals surface area (Å²) < 4.78 is 10.9. The van der Waals surface area contributed by atoms with E-state index in [-0.39, 0.29) is 0 Å². The van der Waals surface area contributed by atoms with E-state index >= 15 is 0 Å². The van der Waals surface area contributed by atoms with Crippen LogP contribution in [0.25, 0.3) is 11.1 Å². The summed E-state index contributed by atoms with van der Waals surface area (Å²) in [6.45, 7) is 2.06. The van der Waals surface area contributed by atoms with Crippen LogP contribution in [0, 0.1) is 0 Å². The summed E-state index contributed by atoms with van der Waals surface area (Å²) in [6.07, 6.45) is 2.51. The van der Waals surface area contributed by atoms with Crippen molar-refractivity contribution in [2.75, 3.05) is 20.0 Å². The number of nitrogens with two attached hydrogens (primary N) is 1. The molecule has 0 atom stereocenters. The van der Waals surface area contributed by atoms with E-state index in [4.69, 9.17) is 15.2 Å². The maximum Gasteiger partial charge on any atom is 0.133 e. The van der Waals surface area contributed by atoms with Gasteiger partial charge in [-0.2, -0.15) is 5.10 Å². The van der Waals surface area contributed by atoms with Gasteiger partial charge < -0.3 is 15.2 Å². The molecule has 1 heterocycles. The molecule has 5 nitrogen and oxygen atoms in total. The third kappa shape index (κ3) is 1.88. The Balaban J connectivity index is 2.66. The van der Waals surface area contributed by atoms with E-state index in [1.807, 2.05) is 12.1 Å². The average Bonchev–Trinajstić information content (AvgIpc) is 2.82. The molecule has 0 radical (unpaired) electrons. The fourth-order valence-corrected chi connectivity index (χ4v) is 2.09. The minimum Gasteiger partial charge on any atom is -0.496 e. The molecule has 0 aliphatic rings. The standard InChI is InChI=1S/C13H17N3O2/c1-4-8-11(17-2)6-5-9(12(8)18-3)10-7-15-16-13(10)14/h5-7H,4H2,1-3H3,(H3,14,15,16). The third-order valence-corrected chi connectivity index (χ3v) is 2.95. The average molecular weight is 247 g/mol. The number of ether oxygens (including phenoxy) is 2. The molecular weight excluding hydrogens is 230 g/mol. The number of H-pyrrole nitrogens is 1. The summed E-state index contributed by atoms with van der Waals surface area (Å²) in [6, 6.07) is 3.85. The van der Waals surface area contributed by atoms with Crippen LogP contribution in [0.3, 0.4) is 0 Å². The molecule has 1 aromatic carbocycles. The first-order chi connectivity index (χ1) is 8.72. The highest BCUT2D eigenvalue weighted by atomic mass is 16.5. The number of nitrogens with zero attached hydrogens (tertiary/aromatic N) is 1. The number of rotatable bonds is 4. The third-order valence-electron chi connectivity index (χ3n) is 2.95. The number of aromatic amines is 1. The lowest BCUT2D eigenvalue weighted by Gasteiger charge is -2.15. The molecule has 18 heavy (non-hydrogen) atoms. The van der Waals surface area contributed by atoms with Crippen molar-refractivity contribution in [1.82, 2.24) is 10.2 Å². The molecule has 0 amide bonds. The summed E-state index contributed by atoms with van der Waals surface area (Å²) in [5, 5.41) is 6.66. The van der Waals surface area contributed by atoms with Crippen LogP contribution in [0.2, 0.25) is 0 Å². The predicted molar refractivity (Wildman–Crippen MR) is 70.9 cm³/mol. The molecular formula is C13H17N3O2. The summed E-state index contributed by atoms with van der Waals surface area (Å²) >= 11 is 0. The Morgan fingerprint density at radius 2 is 2.00 bits per heavy atom. The van der Waals surface area contributed by atoms with E-state index in [9.17, 15) is 0 Å². The van der Waals surface area contributed by atoms with Gasteiger partial charge in [0, 0.05) is 16.7 Å². The van der Waals surface area contributed by atoms with Crippen molar-refractivity contribution in [3.8, 4) is 22.6 Å². The highest BCUT2D eigenvalue weighted by Crippen LogP contribution is 2.39. The molecule has 0 saturated heterocycles. The van der Waals surface area contributed by atoms with Crippen LogP contribution in [-0.4, -0.2) is 24.4 Å². The minimum absolute atomic E-state index is 0.528. The van der Waals surface area contributed by atoms with Crippen molar-refractivity contribution in [3.05, 3.63) is 23.9 Å². The Kier molecular flexibility index (Phi) is 3.41. The maximum absolute atomic E-state index is 5.85. The van der Waals surface area contributed by atoms with E-state index < -0.39 is 0 Å². The smallest absolute Gasteiger partial charge is 0.133 e. The summed E-state index contributed by atoms with van der Waals surface area (Å²) in [4.78, 5) is 0. The van der Waals surface area contributed by atoms with Crippen molar-refractivity contribution < 1.29 is 9.47 Å². The van der Waals surface area contributed by atoms with Crippen LogP contribution in [-0.2, 0) is 6.42 Å². The normalized spacial score (nSPS) is 10.4. The zero-order valence-electron chi connectivity index (χ0n) is 10.8. The molecule has 0 aliphatic carbocycles. The van der Waals surface area contributed by atoms with Crippen LogP contribution in [0.5, 0.6) is 11.5 Å². The van der Waals surface area contributed by atoms with Crippen molar-refractivity contribution in [2.45, 2.75) is 13.3 Å². The summed E-state index contributed by atoms with van der Waals surface area (Å²) in [7, 11) is 3.30. The topological polar surface area (TPSA) is 73.2 Å². The molecule has 96 valence electrons. The van der Waals surface area contributed by atoms with Crippen molar-refractivity contribution in [2.24, 2.45) is 0 Å². The van der Waals surface area contributed by atoms with Gasteiger partial charge in [0.05, 0.1) is 20.4 Å². The Morgan fingerprint density at radius 1 is 1.22 bits per heavy atom. The van der Waals surface area contributed by atoms with Crippen LogP contribution < -0.4 is 15.2 Å². The largest absolute Gasteiger partial charge is 0.496 e. The fourth-order valence-electron chi connectivity index (χ4n) is 2.09. The van der Waals surface area contributed by atoms with Crippen LogP contribution >= 0.6 is 0 Å². The predicted octanol–water partition coefficient (Wildman–Crippen LogP) is 2.24. The monoisotopic (exact) mass is 247 g/mol. The number of nitrogen functional groups attached to an aromatic ring is 1. The van der Waals surface area contributed by atoms with Gasteiger partial charge in [0.1, 0.15) is 17.3 Å². The molecule has 5 heteroatoms. The first-order valence-corrected chi connectivity index (χ1v) is 5.76. The van der Waals surface area contributed by atoms with Gasteiger partial charge >= 0.3 is 0 Å². The Hall–Kier alpha value is -2.17. The van der Waals surface area contributed by atoms with Gasteiger partial charge in [0.15, 0.2) is 0 Å². The molecule has 0 saturated carbocycles. The van der Waals surface area contributed by atoms with Crippen LogP contribution in [0.15, 0.2) is 18.3 Å². The van der Waals surface area contributed by atoms with Crippen molar-refractivity contribution >= 4 is 5.82 Å². The van der Waals surface area contributed by atoms with E-state index in [0.717, 1.165) is 34.6 Å². The lowest BCUT2D eigenvalue weighted by Crippen LogP contribution is -1.98. The van der Waals surface area contributed by atoms with Crippen molar-refractivity contribution in [3.63, 3.8) is 0 Å². The molecule has 2 aromatic rings. The van der Waals surface area contributed by atoms with Crippen LogP contribution in [0.4, 0.5) is 5.82 Å². The highest BCUT2D eigenvalue weighted by molar-refractivity contribution is 5.80. The van der Waals surface area contributed by atoms with E-state index in [0.29, 0.717) is 5.82 Å². The minimum atomic E-state index is 0.528. The second-order valence-electron chi connectivity index (χ2n) is 3.88. The molecule has 2 rings (SSSR count). The zero-order valence-corrected chi connectivity index (χ0v) is 10.8. The number of hydrogen-bond donors (Lipinski definition) is 2. The Labute approximate surface area is 106 Å². The summed E-state index contributed by atoms with van der Waals surface area (Å²) in [5.74, 6) is 2.13. The first kappa shape index (κ1) is 12.3. The second kappa shape index (κ2) is 5.00. The van der Waals surface area contributed by atoms with Crippen LogP contribution in [0.1, 0.15) is 12.5 Å². The van der Waals surface area contributed by atoms with Gasteiger partial charge in [-0.3, -0.25) is 5.10 Å². The molecule has 0 aliphatic heterocycles. The van der Waals surface area contributed by atoms with Crippen molar-refractivity contribution in [1.29, 1.82) is 0 Å². The van der Waals surface area contributed by atoms with Gasteiger partial charge in [-0.25, -0.2) is 0 Å². The van der Waals surface area contributed by atoms with Gasteiger partial charge in [-0.15, -0.1) is 0 Å². The lowest BCUT2D eigenvalue weighted by molar-refractivity contribution is 0.387. The zero-order chi connectivity index (χ0) is 13.1. The number of hydrogen-bond acceptors (Lipinski definition) is 4. The number of anilines is 1. The van der Waals surface area contributed by atoms with Gasteiger partial charge in [0.2, 0.25) is 0 Å². The second-order valence-corrected chi connectivity index (χ2v) is 3.88. The maximum atomic E-state index is 5.85. The molecule has 0 unspecified atom stereocenters. The fraction of sp³-hybridized carbons (Fsp3) is 0.308. The van der Waals surface area contributed by atoms with Gasteiger partial charge in [-0.1, -0.05) is 6.92 Å². The molecule has 1 aromatic heterocycles. The quantitative estimate of drug-likeness (QED) is 0.869. The lowest BCUT2D eigenvalue weighted by atomic mass is 10.0. The number of benzene rings is 1. The SMILES string of the molecule is CCc1c(OC)ccc(-c2cn[nH]c2N)c1OC. The molecule has 3 N–H and O–H groups in total. The number of methoxy groups -OCH3 is 2. The molecule has 0 spiro atoms. The molecule has 0 bridgehead atoms. The van der Waals surface area contributed by atoms with E-state index in [1.54, 1.807) is 20.4 Å². The Morgan fingerprint density at radius 3 is 2.50 bits per heavy atom. The van der Waals surface area contributed by atoms with Gasteiger partial charge in [0.25, 0.3) is 0 Å². The molecule has 0 fully saturated rings.